The van der Waals surface area contributed by atoms with Crippen LogP contribution >= 0.6 is 0 Å². The lowest BCUT2D eigenvalue weighted by atomic mass is 10.1. The molecular formula is C17H26N2O. The van der Waals surface area contributed by atoms with Gasteiger partial charge < -0.3 is 9.67 Å². The third-order valence-electron chi connectivity index (χ3n) is 3.93. The molecule has 0 aliphatic heterocycles. The lowest BCUT2D eigenvalue weighted by Crippen LogP contribution is -2.07. The van der Waals surface area contributed by atoms with Crippen molar-refractivity contribution in [3.05, 3.63) is 29.1 Å². The zero-order chi connectivity index (χ0) is 14.7. The van der Waals surface area contributed by atoms with Gasteiger partial charge in [0.15, 0.2) is 0 Å². The molecule has 0 radical (unpaired) electrons. The molecule has 0 fully saturated rings. The molecule has 0 spiro atoms. The number of hydrogen-bond acceptors (Lipinski definition) is 2. The van der Waals surface area contributed by atoms with E-state index in [-0.39, 0.29) is 6.61 Å². The average Bonchev–Trinajstić information content (AvgIpc) is 2.71. The Morgan fingerprint density at radius 1 is 1.20 bits per heavy atom. The molecule has 0 saturated carbocycles. The SMILES string of the molecule is Cc1cc2nc(CCCO)n(CCC(C)C)c2cc1C. The molecule has 1 N–H and O–H groups in total. The number of nitrogens with zero attached hydrogens (tertiary/aromatic N) is 2. The Bertz CT molecular complexity index is 584. The Labute approximate surface area is 121 Å². The van der Waals surface area contributed by atoms with Crippen molar-refractivity contribution < 1.29 is 5.11 Å². The van der Waals surface area contributed by atoms with E-state index < -0.39 is 0 Å². The molecule has 2 aromatic rings. The van der Waals surface area contributed by atoms with Crippen LogP contribution in [-0.4, -0.2) is 21.3 Å². The van der Waals surface area contributed by atoms with Gasteiger partial charge in [0.25, 0.3) is 0 Å². The molecule has 1 aromatic carbocycles. The monoisotopic (exact) mass is 274 g/mol. The Kier molecular flexibility index (Phi) is 4.81. The van der Waals surface area contributed by atoms with E-state index in [1.807, 2.05) is 0 Å². The fourth-order valence-electron chi connectivity index (χ4n) is 2.49. The van der Waals surface area contributed by atoms with Crippen LogP contribution in [0.15, 0.2) is 12.1 Å². The van der Waals surface area contributed by atoms with Crippen molar-refractivity contribution in [3.8, 4) is 0 Å². The number of aliphatic hydroxyl groups excluding tert-OH is 1. The molecule has 110 valence electrons. The van der Waals surface area contributed by atoms with E-state index in [4.69, 9.17) is 10.1 Å². The molecule has 0 unspecified atom stereocenters. The van der Waals surface area contributed by atoms with E-state index in [2.05, 4.69) is 44.4 Å². The molecule has 0 saturated heterocycles. The van der Waals surface area contributed by atoms with E-state index >= 15 is 0 Å². The molecular weight excluding hydrogens is 248 g/mol. The second-order valence-electron chi connectivity index (χ2n) is 6.11. The molecule has 3 heteroatoms. The molecule has 20 heavy (non-hydrogen) atoms. The maximum atomic E-state index is 9.06. The summed E-state index contributed by atoms with van der Waals surface area (Å²) >= 11 is 0. The normalized spacial score (nSPS) is 11.7. The Morgan fingerprint density at radius 2 is 1.90 bits per heavy atom. The van der Waals surface area contributed by atoms with Crippen LogP contribution in [0.3, 0.4) is 0 Å². The second kappa shape index (κ2) is 6.40. The van der Waals surface area contributed by atoms with Crippen LogP contribution in [0.4, 0.5) is 0 Å². The summed E-state index contributed by atoms with van der Waals surface area (Å²) in [5.41, 5.74) is 4.93. The lowest BCUT2D eigenvalue weighted by molar-refractivity contribution is 0.286. The van der Waals surface area contributed by atoms with Crippen LogP contribution in [0.2, 0.25) is 0 Å². The summed E-state index contributed by atoms with van der Waals surface area (Å²) < 4.78 is 2.34. The van der Waals surface area contributed by atoms with E-state index in [9.17, 15) is 0 Å². The molecule has 1 aromatic heterocycles. The zero-order valence-electron chi connectivity index (χ0n) is 13.1. The predicted molar refractivity (Wildman–Crippen MR) is 84.1 cm³/mol. The number of fused-ring (bicyclic) bond motifs is 1. The third kappa shape index (κ3) is 3.21. The topological polar surface area (TPSA) is 38.1 Å². The predicted octanol–water partition coefficient (Wildman–Crippen LogP) is 3.62. The summed E-state index contributed by atoms with van der Waals surface area (Å²) in [7, 11) is 0. The number of aromatic nitrogens is 2. The minimum absolute atomic E-state index is 0.228. The van der Waals surface area contributed by atoms with Crippen molar-refractivity contribution in [3.63, 3.8) is 0 Å². The van der Waals surface area contributed by atoms with Gasteiger partial charge in [-0.3, -0.25) is 0 Å². The highest BCUT2D eigenvalue weighted by Gasteiger charge is 2.12. The molecule has 0 amide bonds. The number of aryl methyl sites for hydroxylation is 4. The third-order valence-corrected chi connectivity index (χ3v) is 3.93. The number of benzene rings is 1. The average molecular weight is 274 g/mol. The van der Waals surface area contributed by atoms with Gasteiger partial charge in [0.2, 0.25) is 0 Å². The van der Waals surface area contributed by atoms with Crippen LogP contribution in [-0.2, 0) is 13.0 Å². The second-order valence-corrected chi connectivity index (χ2v) is 6.11. The smallest absolute Gasteiger partial charge is 0.109 e. The van der Waals surface area contributed by atoms with Crippen LogP contribution in [0, 0.1) is 19.8 Å². The van der Waals surface area contributed by atoms with Crippen molar-refractivity contribution in [2.45, 2.75) is 53.5 Å². The van der Waals surface area contributed by atoms with Gasteiger partial charge in [-0.2, -0.15) is 0 Å². The molecule has 2 rings (SSSR count). The maximum absolute atomic E-state index is 9.06. The van der Waals surface area contributed by atoms with Gasteiger partial charge in [0.1, 0.15) is 5.82 Å². The van der Waals surface area contributed by atoms with E-state index in [1.165, 1.54) is 16.6 Å². The molecule has 0 aliphatic carbocycles. The van der Waals surface area contributed by atoms with E-state index in [0.717, 1.165) is 37.1 Å². The Morgan fingerprint density at radius 3 is 2.55 bits per heavy atom. The number of rotatable bonds is 6. The molecule has 0 aliphatic rings. The first kappa shape index (κ1) is 15.0. The zero-order valence-corrected chi connectivity index (χ0v) is 13.1. The van der Waals surface area contributed by atoms with Crippen LogP contribution in [0.5, 0.6) is 0 Å². The van der Waals surface area contributed by atoms with Crippen molar-refractivity contribution in [2.75, 3.05) is 6.61 Å². The highest BCUT2D eigenvalue weighted by Crippen LogP contribution is 2.22. The minimum Gasteiger partial charge on any atom is -0.396 e. The van der Waals surface area contributed by atoms with Gasteiger partial charge in [-0.05, 0) is 55.9 Å². The molecule has 1 heterocycles. The van der Waals surface area contributed by atoms with Crippen molar-refractivity contribution >= 4 is 11.0 Å². The van der Waals surface area contributed by atoms with Crippen molar-refractivity contribution in [1.29, 1.82) is 0 Å². The highest BCUT2D eigenvalue weighted by molar-refractivity contribution is 5.78. The number of aliphatic hydroxyl groups is 1. The van der Waals surface area contributed by atoms with E-state index in [1.54, 1.807) is 0 Å². The minimum atomic E-state index is 0.228. The quantitative estimate of drug-likeness (QED) is 0.873. The Balaban J connectivity index is 2.43. The summed E-state index contributed by atoms with van der Waals surface area (Å²) in [6.45, 7) is 10.0. The van der Waals surface area contributed by atoms with Crippen LogP contribution < -0.4 is 0 Å². The van der Waals surface area contributed by atoms with Gasteiger partial charge in [-0.25, -0.2) is 4.98 Å². The molecule has 3 nitrogen and oxygen atoms in total. The van der Waals surface area contributed by atoms with E-state index in [0.29, 0.717) is 5.92 Å². The fourth-order valence-corrected chi connectivity index (χ4v) is 2.49. The summed E-state index contributed by atoms with van der Waals surface area (Å²) in [5.74, 6) is 1.80. The summed E-state index contributed by atoms with van der Waals surface area (Å²) in [6, 6.07) is 4.43. The van der Waals surface area contributed by atoms with Gasteiger partial charge in [0, 0.05) is 19.6 Å². The first-order chi connectivity index (χ1) is 9.52. The fraction of sp³-hybridized carbons (Fsp3) is 0.588. The first-order valence-electron chi connectivity index (χ1n) is 7.60. The van der Waals surface area contributed by atoms with Gasteiger partial charge in [-0.1, -0.05) is 13.8 Å². The van der Waals surface area contributed by atoms with Crippen molar-refractivity contribution in [1.82, 2.24) is 9.55 Å². The summed E-state index contributed by atoms with van der Waals surface area (Å²) in [4.78, 5) is 4.78. The molecule has 0 atom stereocenters. The van der Waals surface area contributed by atoms with Gasteiger partial charge >= 0.3 is 0 Å². The first-order valence-corrected chi connectivity index (χ1v) is 7.60. The van der Waals surface area contributed by atoms with Crippen LogP contribution in [0.1, 0.15) is 43.6 Å². The number of imidazole rings is 1. The van der Waals surface area contributed by atoms with Gasteiger partial charge in [-0.15, -0.1) is 0 Å². The summed E-state index contributed by atoms with van der Waals surface area (Å²) in [5, 5.41) is 9.06. The lowest BCUT2D eigenvalue weighted by Gasteiger charge is -2.11. The largest absolute Gasteiger partial charge is 0.396 e. The number of hydrogen-bond donors (Lipinski definition) is 1. The maximum Gasteiger partial charge on any atom is 0.109 e. The van der Waals surface area contributed by atoms with Crippen LogP contribution in [0.25, 0.3) is 11.0 Å². The highest BCUT2D eigenvalue weighted by atomic mass is 16.2. The van der Waals surface area contributed by atoms with Gasteiger partial charge in [0.05, 0.1) is 11.0 Å². The Hall–Kier alpha value is -1.35. The van der Waals surface area contributed by atoms with Crippen molar-refractivity contribution in [2.24, 2.45) is 5.92 Å². The standard InChI is InChI=1S/C17H26N2O/c1-12(2)7-8-19-16-11-14(4)13(3)10-15(16)18-17(19)6-5-9-20/h10-12,20H,5-9H2,1-4H3. The molecule has 0 bridgehead atoms. The summed E-state index contributed by atoms with van der Waals surface area (Å²) in [6.07, 6.45) is 2.79.